The average molecular weight is 468 g/mol. The summed E-state index contributed by atoms with van der Waals surface area (Å²) in [5.74, 6) is -1.08. The second kappa shape index (κ2) is 10.2. The largest absolute Gasteiger partial charge is 0.389 e. The lowest BCUT2D eigenvalue weighted by atomic mass is 10.3. The van der Waals surface area contributed by atoms with Crippen molar-refractivity contribution in [2.24, 2.45) is 0 Å². The molecule has 166 valence electrons. The first-order valence-corrected chi connectivity index (χ1v) is 11.1. The summed E-state index contributed by atoms with van der Waals surface area (Å²) < 4.78 is 63.6. The van der Waals surface area contributed by atoms with E-state index in [1.165, 1.54) is 9.58 Å². The number of pyridine rings is 1. The summed E-state index contributed by atoms with van der Waals surface area (Å²) in [6, 6.07) is 3.47. The zero-order valence-corrected chi connectivity index (χ0v) is 17.6. The standard InChI is InChI=1S/C17H21ClF3N5O3S/c1-2-25(14-12-26(24-16(14)18)13-5-3-8-22-11-13)15(27)6-9-23-30(28,29)10-4-7-17(19,20)21/h3,5,8,11-12,23H,2,4,6-7,9-10H2,1H3. The van der Waals surface area contributed by atoms with Crippen LogP contribution in [0.3, 0.4) is 0 Å². The molecule has 0 aliphatic carbocycles. The van der Waals surface area contributed by atoms with Crippen LogP contribution in [0.4, 0.5) is 18.9 Å². The molecule has 13 heteroatoms. The third-order valence-corrected chi connectivity index (χ3v) is 5.74. The molecular formula is C17H21ClF3N5O3S. The Balaban J connectivity index is 1.95. The van der Waals surface area contributed by atoms with Gasteiger partial charge in [-0.25, -0.2) is 17.8 Å². The van der Waals surface area contributed by atoms with E-state index < -0.39 is 40.7 Å². The molecule has 0 fully saturated rings. The fraction of sp³-hybridized carbons (Fsp3) is 0.471. The van der Waals surface area contributed by atoms with Crippen molar-refractivity contribution >= 4 is 33.2 Å². The lowest BCUT2D eigenvalue weighted by molar-refractivity contribution is -0.134. The highest BCUT2D eigenvalue weighted by Crippen LogP contribution is 2.26. The van der Waals surface area contributed by atoms with Crippen LogP contribution in [0.1, 0.15) is 26.2 Å². The van der Waals surface area contributed by atoms with Crippen LogP contribution in [0.2, 0.25) is 5.15 Å². The molecule has 0 aliphatic rings. The Labute approximate surface area is 177 Å². The molecule has 0 unspecified atom stereocenters. The number of halogens is 4. The number of hydrogen-bond donors (Lipinski definition) is 1. The number of hydrogen-bond acceptors (Lipinski definition) is 5. The van der Waals surface area contributed by atoms with Gasteiger partial charge in [-0.05, 0) is 25.5 Å². The van der Waals surface area contributed by atoms with Crippen LogP contribution in [0.5, 0.6) is 0 Å². The minimum atomic E-state index is -4.41. The number of rotatable bonds is 10. The van der Waals surface area contributed by atoms with Crippen molar-refractivity contribution < 1.29 is 26.4 Å². The number of carbonyl (C=O) groups is 1. The van der Waals surface area contributed by atoms with Crippen LogP contribution in [0.25, 0.3) is 5.69 Å². The molecule has 0 radical (unpaired) electrons. The molecule has 0 spiro atoms. The van der Waals surface area contributed by atoms with E-state index in [0.29, 0.717) is 11.4 Å². The van der Waals surface area contributed by atoms with Crippen molar-refractivity contribution in [1.29, 1.82) is 0 Å². The fourth-order valence-electron chi connectivity index (χ4n) is 2.61. The van der Waals surface area contributed by atoms with Gasteiger partial charge in [0.05, 0.1) is 23.8 Å². The number of aromatic nitrogens is 3. The second-order valence-electron chi connectivity index (χ2n) is 6.28. The number of amides is 1. The molecule has 0 aliphatic heterocycles. The molecule has 2 heterocycles. The summed E-state index contributed by atoms with van der Waals surface area (Å²) in [6.07, 6.45) is -1.61. The number of sulfonamides is 1. The van der Waals surface area contributed by atoms with E-state index >= 15 is 0 Å². The summed E-state index contributed by atoms with van der Waals surface area (Å²) in [6.45, 7) is 1.74. The monoisotopic (exact) mass is 467 g/mol. The molecule has 8 nitrogen and oxygen atoms in total. The van der Waals surface area contributed by atoms with Crippen LogP contribution in [-0.2, 0) is 14.8 Å². The van der Waals surface area contributed by atoms with Crippen LogP contribution in [0, 0.1) is 0 Å². The zero-order valence-electron chi connectivity index (χ0n) is 16.1. The van der Waals surface area contributed by atoms with Gasteiger partial charge in [-0.2, -0.15) is 18.3 Å². The second-order valence-corrected chi connectivity index (χ2v) is 8.57. The third-order valence-electron chi connectivity index (χ3n) is 4.00. The van der Waals surface area contributed by atoms with Crippen molar-refractivity contribution in [1.82, 2.24) is 19.5 Å². The Kier molecular flexibility index (Phi) is 8.21. The Morgan fingerprint density at radius 3 is 2.70 bits per heavy atom. The van der Waals surface area contributed by atoms with Crippen LogP contribution < -0.4 is 9.62 Å². The molecule has 1 N–H and O–H groups in total. The van der Waals surface area contributed by atoms with Crippen LogP contribution >= 0.6 is 11.6 Å². The third kappa shape index (κ3) is 7.26. The summed E-state index contributed by atoms with van der Waals surface area (Å²) in [4.78, 5) is 17.9. The van der Waals surface area contributed by atoms with Gasteiger partial charge in [0.2, 0.25) is 15.9 Å². The number of carbonyl (C=O) groups excluding carboxylic acids is 1. The lowest BCUT2D eigenvalue weighted by Crippen LogP contribution is -2.35. The zero-order chi connectivity index (χ0) is 22.4. The minimum absolute atomic E-state index is 0.0850. The minimum Gasteiger partial charge on any atom is -0.308 e. The maximum Gasteiger partial charge on any atom is 0.389 e. The van der Waals surface area contributed by atoms with Gasteiger partial charge in [0.25, 0.3) is 0 Å². The summed E-state index contributed by atoms with van der Waals surface area (Å²) in [5, 5.41) is 4.23. The lowest BCUT2D eigenvalue weighted by Gasteiger charge is -2.19. The molecule has 2 aromatic heterocycles. The highest BCUT2D eigenvalue weighted by molar-refractivity contribution is 7.89. The number of nitrogens with one attached hydrogen (secondary N) is 1. The van der Waals surface area contributed by atoms with E-state index in [4.69, 9.17) is 11.6 Å². The van der Waals surface area contributed by atoms with E-state index in [2.05, 4.69) is 14.8 Å². The predicted molar refractivity (Wildman–Crippen MR) is 106 cm³/mol. The molecule has 30 heavy (non-hydrogen) atoms. The van der Waals surface area contributed by atoms with Crippen LogP contribution in [-0.4, -0.2) is 54.1 Å². The SMILES string of the molecule is CCN(C(=O)CCNS(=O)(=O)CCCC(F)(F)F)c1cn(-c2cccnc2)nc1Cl. The van der Waals surface area contributed by atoms with Gasteiger partial charge in [-0.1, -0.05) is 11.6 Å². The predicted octanol–water partition coefficient (Wildman–Crippen LogP) is 2.93. The molecular weight excluding hydrogens is 447 g/mol. The van der Waals surface area contributed by atoms with Crippen molar-refractivity contribution in [3.05, 3.63) is 35.9 Å². The molecule has 1 amide bonds. The number of alkyl halides is 3. The summed E-state index contributed by atoms with van der Waals surface area (Å²) in [7, 11) is -3.91. The molecule has 2 rings (SSSR count). The van der Waals surface area contributed by atoms with E-state index in [9.17, 15) is 26.4 Å². The van der Waals surface area contributed by atoms with Gasteiger partial charge in [0, 0.05) is 32.1 Å². The van der Waals surface area contributed by atoms with Gasteiger partial charge in [0.1, 0.15) is 5.69 Å². The van der Waals surface area contributed by atoms with Crippen molar-refractivity contribution in [2.75, 3.05) is 23.7 Å². The first kappa shape index (κ1) is 24.1. The molecule has 0 saturated heterocycles. The van der Waals surface area contributed by atoms with E-state index in [-0.39, 0.29) is 24.7 Å². The molecule has 0 atom stereocenters. The molecule has 2 aromatic rings. The Hall–Kier alpha value is -2.18. The topological polar surface area (TPSA) is 97.2 Å². The number of nitrogens with zero attached hydrogens (tertiary/aromatic N) is 4. The maximum absolute atomic E-state index is 12.5. The smallest absolute Gasteiger partial charge is 0.308 e. The average Bonchev–Trinajstić information content (AvgIpc) is 3.03. The summed E-state index contributed by atoms with van der Waals surface area (Å²) >= 11 is 6.16. The molecule has 0 aromatic carbocycles. The van der Waals surface area contributed by atoms with E-state index in [1.54, 1.807) is 37.6 Å². The van der Waals surface area contributed by atoms with Crippen molar-refractivity contribution in [3.63, 3.8) is 0 Å². The Morgan fingerprint density at radius 2 is 2.10 bits per heavy atom. The van der Waals surface area contributed by atoms with Crippen LogP contribution in [0.15, 0.2) is 30.7 Å². The van der Waals surface area contributed by atoms with Crippen molar-refractivity contribution in [2.45, 2.75) is 32.4 Å². The highest BCUT2D eigenvalue weighted by Gasteiger charge is 2.27. The number of anilines is 1. The Bertz CT molecular complexity index is 951. The van der Waals surface area contributed by atoms with Gasteiger partial charge >= 0.3 is 6.18 Å². The first-order valence-electron chi connectivity index (χ1n) is 9.02. The normalized spacial score (nSPS) is 12.2. The first-order chi connectivity index (χ1) is 14.0. The highest BCUT2D eigenvalue weighted by atomic mass is 35.5. The van der Waals surface area contributed by atoms with Gasteiger partial charge < -0.3 is 4.90 Å². The molecule has 0 bridgehead atoms. The van der Waals surface area contributed by atoms with E-state index in [0.717, 1.165) is 0 Å². The van der Waals surface area contributed by atoms with E-state index in [1.807, 2.05) is 0 Å². The maximum atomic E-state index is 12.5. The van der Waals surface area contributed by atoms with Gasteiger partial charge in [0.15, 0.2) is 5.15 Å². The summed E-state index contributed by atoms with van der Waals surface area (Å²) in [5.41, 5.74) is 0.988. The fourth-order valence-corrected chi connectivity index (χ4v) is 3.92. The van der Waals surface area contributed by atoms with Crippen molar-refractivity contribution in [3.8, 4) is 5.69 Å². The quantitative estimate of drug-likeness (QED) is 0.579. The van der Waals surface area contributed by atoms with Gasteiger partial charge in [-0.15, -0.1) is 0 Å². The molecule has 0 saturated carbocycles. The van der Waals surface area contributed by atoms with Gasteiger partial charge in [-0.3, -0.25) is 9.78 Å². The Morgan fingerprint density at radius 1 is 1.37 bits per heavy atom.